The summed E-state index contributed by atoms with van der Waals surface area (Å²) in [6.07, 6.45) is 5.85. The Morgan fingerprint density at radius 2 is 1.93 bits per heavy atom. The second-order valence-corrected chi connectivity index (χ2v) is 3.95. The third kappa shape index (κ3) is 3.87. The van der Waals surface area contributed by atoms with Crippen LogP contribution in [0.2, 0.25) is 0 Å². The molecule has 5 nitrogen and oxygen atoms in total. The Labute approximate surface area is 91.2 Å². The highest BCUT2D eigenvalue weighted by Gasteiger charge is 2.18. The molecule has 0 aromatic rings. The fourth-order valence-electron chi connectivity index (χ4n) is 1.73. The number of hydrogen-bond donors (Lipinski definition) is 2. The first-order valence-corrected chi connectivity index (χ1v) is 5.44. The molecule has 0 heterocycles. The number of aliphatic imine (C=N–C) groups is 1. The molecule has 0 atom stereocenters. The van der Waals surface area contributed by atoms with Gasteiger partial charge in [0.05, 0.1) is 6.04 Å². The molecule has 0 spiro atoms. The second kappa shape index (κ2) is 5.70. The van der Waals surface area contributed by atoms with Crippen molar-refractivity contribution in [3.05, 3.63) is 0 Å². The topological polar surface area (TPSA) is 80.0 Å². The molecule has 0 amide bonds. The van der Waals surface area contributed by atoms with Gasteiger partial charge in [0.2, 0.25) is 5.96 Å². The van der Waals surface area contributed by atoms with Crippen molar-refractivity contribution in [2.75, 3.05) is 7.05 Å². The Kier molecular flexibility index (Phi) is 4.55. The summed E-state index contributed by atoms with van der Waals surface area (Å²) < 4.78 is 0. The van der Waals surface area contributed by atoms with Crippen LogP contribution in [0.3, 0.4) is 0 Å². The average molecular weight is 211 g/mol. The van der Waals surface area contributed by atoms with Gasteiger partial charge < -0.3 is 11.5 Å². The van der Waals surface area contributed by atoms with E-state index >= 15 is 0 Å². The molecule has 1 aliphatic rings. The van der Waals surface area contributed by atoms with Crippen LogP contribution >= 0.6 is 0 Å². The molecule has 0 aromatic heterocycles. The fraction of sp³-hybridized carbons (Fsp3) is 0.800. The molecular formula is C10H21N5. The minimum Gasteiger partial charge on any atom is -0.368 e. The lowest BCUT2D eigenvalue weighted by Gasteiger charge is -2.24. The third-order valence-electron chi connectivity index (χ3n) is 2.68. The van der Waals surface area contributed by atoms with Gasteiger partial charge >= 0.3 is 0 Å². The molecule has 1 saturated carbocycles. The maximum absolute atomic E-state index is 5.82. The highest BCUT2D eigenvalue weighted by Crippen LogP contribution is 2.19. The van der Waals surface area contributed by atoms with Gasteiger partial charge in [0.15, 0.2) is 0 Å². The zero-order valence-electron chi connectivity index (χ0n) is 9.56. The molecule has 0 aromatic carbocycles. The first-order valence-electron chi connectivity index (χ1n) is 5.44. The predicted octanol–water partition coefficient (Wildman–Crippen LogP) is 0.509. The van der Waals surface area contributed by atoms with Gasteiger partial charge in [-0.1, -0.05) is 0 Å². The number of hydrogen-bond acceptors (Lipinski definition) is 3. The standard InChI is InChI=1S/C10H21N5/c1-3-13-15(2)10(12)14-9-6-4-8(11)5-7-9/h3,8-9H,4-7,11H2,1-2H3,(H2,12,14)/b13-3+. The van der Waals surface area contributed by atoms with Crippen molar-refractivity contribution in [1.29, 1.82) is 0 Å². The summed E-state index contributed by atoms with van der Waals surface area (Å²) in [5.74, 6) is 0.480. The fourth-order valence-corrected chi connectivity index (χ4v) is 1.73. The summed E-state index contributed by atoms with van der Waals surface area (Å²) in [6.45, 7) is 1.85. The Morgan fingerprint density at radius 3 is 2.47 bits per heavy atom. The minimum atomic E-state index is 0.319. The quantitative estimate of drug-likeness (QED) is 0.397. The van der Waals surface area contributed by atoms with Crippen LogP contribution in [0.5, 0.6) is 0 Å². The molecule has 86 valence electrons. The number of nitrogens with zero attached hydrogens (tertiary/aromatic N) is 3. The Balaban J connectivity index is 2.47. The van der Waals surface area contributed by atoms with Crippen LogP contribution in [0.4, 0.5) is 0 Å². The van der Waals surface area contributed by atoms with E-state index in [-0.39, 0.29) is 0 Å². The lowest BCUT2D eigenvalue weighted by molar-refractivity contribution is 0.391. The summed E-state index contributed by atoms with van der Waals surface area (Å²) >= 11 is 0. The number of guanidine groups is 1. The van der Waals surface area contributed by atoms with Gasteiger partial charge in [0.1, 0.15) is 0 Å². The van der Waals surface area contributed by atoms with Crippen molar-refractivity contribution < 1.29 is 0 Å². The summed E-state index contributed by atoms with van der Waals surface area (Å²) in [4.78, 5) is 4.44. The van der Waals surface area contributed by atoms with Crippen LogP contribution in [0, 0.1) is 0 Å². The van der Waals surface area contributed by atoms with Crippen molar-refractivity contribution in [2.45, 2.75) is 44.7 Å². The summed E-state index contributed by atoms with van der Waals surface area (Å²) in [7, 11) is 1.80. The van der Waals surface area contributed by atoms with Gasteiger partial charge in [-0.25, -0.2) is 10.0 Å². The molecule has 1 aliphatic carbocycles. The molecule has 5 heteroatoms. The normalized spacial score (nSPS) is 28.3. The van der Waals surface area contributed by atoms with Crippen LogP contribution in [-0.2, 0) is 0 Å². The van der Waals surface area contributed by atoms with Crippen LogP contribution in [0.1, 0.15) is 32.6 Å². The Morgan fingerprint density at radius 1 is 1.33 bits per heavy atom. The van der Waals surface area contributed by atoms with Crippen LogP contribution in [0.15, 0.2) is 10.1 Å². The van der Waals surface area contributed by atoms with E-state index in [9.17, 15) is 0 Å². The van der Waals surface area contributed by atoms with Crippen LogP contribution < -0.4 is 11.5 Å². The summed E-state index contributed by atoms with van der Waals surface area (Å²) in [5.41, 5.74) is 11.6. The second-order valence-electron chi connectivity index (χ2n) is 3.95. The molecule has 1 fully saturated rings. The van der Waals surface area contributed by atoms with E-state index < -0.39 is 0 Å². The first kappa shape index (κ1) is 12.0. The van der Waals surface area contributed by atoms with Crippen molar-refractivity contribution in [3.63, 3.8) is 0 Å². The van der Waals surface area contributed by atoms with E-state index in [1.54, 1.807) is 18.3 Å². The van der Waals surface area contributed by atoms with Crippen molar-refractivity contribution in [1.82, 2.24) is 5.01 Å². The number of hydrazone groups is 1. The molecule has 0 bridgehead atoms. The minimum absolute atomic E-state index is 0.319. The SMILES string of the molecule is C/C=N/N(C)C(N)=NC1CCC(N)CC1. The zero-order chi connectivity index (χ0) is 11.3. The summed E-state index contributed by atoms with van der Waals surface area (Å²) in [5, 5.41) is 5.62. The number of rotatable bonds is 2. The highest BCUT2D eigenvalue weighted by atomic mass is 15.5. The largest absolute Gasteiger partial charge is 0.368 e. The monoisotopic (exact) mass is 211 g/mol. The van der Waals surface area contributed by atoms with Crippen LogP contribution in [-0.4, -0.2) is 36.3 Å². The maximum atomic E-state index is 5.82. The van der Waals surface area contributed by atoms with E-state index in [0.717, 1.165) is 25.7 Å². The van der Waals surface area contributed by atoms with E-state index in [1.807, 2.05) is 6.92 Å². The van der Waals surface area contributed by atoms with Gasteiger partial charge in [-0.15, -0.1) is 0 Å². The molecule has 1 rings (SSSR count). The van der Waals surface area contributed by atoms with Crippen molar-refractivity contribution in [2.24, 2.45) is 21.6 Å². The molecule has 0 radical (unpaired) electrons. The van der Waals surface area contributed by atoms with Gasteiger partial charge in [-0.05, 0) is 32.6 Å². The molecule has 0 saturated heterocycles. The van der Waals surface area contributed by atoms with Gasteiger partial charge in [-0.2, -0.15) is 5.10 Å². The third-order valence-corrected chi connectivity index (χ3v) is 2.68. The smallest absolute Gasteiger partial charge is 0.212 e. The first-order chi connectivity index (χ1) is 7.13. The lowest BCUT2D eigenvalue weighted by atomic mass is 9.92. The average Bonchev–Trinajstić information content (AvgIpc) is 2.22. The van der Waals surface area contributed by atoms with Crippen LogP contribution in [0.25, 0.3) is 0 Å². The van der Waals surface area contributed by atoms with Crippen molar-refractivity contribution >= 4 is 12.2 Å². The van der Waals surface area contributed by atoms with E-state index in [0.29, 0.717) is 18.0 Å². The highest BCUT2D eigenvalue weighted by molar-refractivity contribution is 5.78. The van der Waals surface area contributed by atoms with Gasteiger partial charge in [0, 0.05) is 19.3 Å². The van der Waals surface area contributed by atoms with Crippen molar-refractivity contribution in [3.8, 4) is 0 Å². The van der Waals surface area contributed by atoms with E-state index in [4.69, 9.17) is 11.5 Å². The molecule has 4 N–H and O–H groups in total. The van der Waals surface area contributed by atoms with E-state index in [1.165, 1.54) is 0 Å². The Bertz CT molecular complexity index is 240. The molecular weight excluding hydrogens is 190 g/mol. The molecule has 15 heavy (non-hydrogen) atoms. The van der Waals surface area contributed by atoms with Gasteiger partial charge in [-0.3, -0.25) is 0 Å². The molecule has 0 aliphatic heterocycles. The molecule has 0 unspecified atom stereocenters. The van der Waals surface area contributed by atoms with E-state index in [2.05, 4.69) is 10.1 Å². The number of nitrogens with two attached hydrogens (primary N) is 2. The predicted molar refractivity (Wildman–Crippen MR) is 63.8 cm³/mol. The lowest BCUT2D eigenvalue weighted by Crippen LogP contribution is -2.34. The van der Waals surface area contributed by atoms with Gasteiger partial charge in [0.25, 0.3) is 0 Å². The summed E-state index contributed by atoms with van der Waals surface area (Å²) in [6, 6.07) is 0.670. The Hall–Kier alpha value is -1.10. The maximum Gasteiger partial charge on any atom is 0.212 e. The zero-order valence-corrected chi connectivity index (χ0v) is 9.56.